The van der Waals surface area contributed by atoms with Gasteiger partial charge in [0.05, 0.1) is 6.61 Å². The van der Waals surface area contributed by atoms with Gasteiger partial charge < -0.3 is 14.4 Å². The van der Waals surface area contributed by atoms with Gasteiger partial charge in [-0.2, -0.15) is 0 Å². The third kappa shape index (κ3) is 5.41. The summed E-state index contributed by atoms with van der Waals surface area (Å²) in [5.41, 5.74) is 0.652. The number of amides is 1. The highest BCUT2D eigenvalue weighted by Crippen LogP contribution is 2.27. The van der Waals surface area contributed by atoms with Crippen molar-refractivity contribution in [1.82, 2.24) is 4.90 Å². The predicted molar refractivity (Wildman–Crippen MR) is 86.5 cm³/mol. The van der Waals surface area contributed by atoms with E-state index in [1.807, 2.05) is 6.92 Å². The topological polar surface area (TPSA) is 38.8 Å². The summed E-state index contributed by atoms with van der Waals surface area (Å²) in [6.45, 7) is 2.28. The molecule has 0 aromatic heterocycles. The molecule has 0 radical (unpaired) electrons. The molecule has 4 nitrogen and oxygen atoms in total. The fourth-order valence-corrected chi connectivity index (χ4v) is 2.29. The van der Waals surface area contributed by atoms with E-state index in [2.05, 4.69) is 4.74 Å². The van der Waals surface area contributed by atoms with E-state index in [1.165, 1.54) is 30.1 Å². The Bertz CT molecular complexity index is 732. The molecule has 0 unspecified atom stereocenters. The molecule has 7 heteroatoms. The Morgan fingerprint density at radius 1 is 1.12 bits per heavy atom. The highest BCUT2D eigenvalue weighted by atomic mass is 19.4. The second-order valence-electron chi connectivity index (χ2n) is 5.28. The predicted octanol–water partition coefficient (Wildman–Crippen LogP) is 4.26. The number of ether oxygens (including phenoxy) is 2. The smallest absolute Gasteiger partial charge is 0.494 e. The van der Waals surface area contributed by atoms with Crippen LogP contribution in [0.25, 0.3) is 0 Å². The average molecular weight is 353 g/mol. The zero-order valence-electron chi connectivity index (χ0n) is 13.8. The highest BCUT2D eigenvalue weighted by molar-refractivity contribution is 5.94. The Labute approximate surface area is 143 Å². The van der Waals surface area contributed by atoms with Crippen LogP contribution in [0.1, 0.15) is 22.8 Å². The van der Waals surface area contributed by atoms with Crippen LogP contribution in [0.2, 0.25) is 0 Å². The van der Waals surface area contributed by atoms with Crippen molar-refractivity contribution >= 4 is 5.91 Å². The molecule has 0 atom stereocenters. The number of para-hydroxylation sites is 1. The number of rotatable bonds is 6. The van der Waals surface area contributed by atoms with Crippen LogP contribution < -0.4 is 9.47 Å². The molecule has 0 saturated heterocycles. The van der Waals surface area contributed by atoms with Gasteiger partial charge in [-0.25, -0.2) is 0 Å². The van der Waals surface area contributed by atoms with Crippen LogP contribution in [0.15, 0.2) is 48.5 Å². The highest BCUT2D eigenvalue weighted by Gasteiger charge is 2.32. The molecule has 0 spiro atoms. The zero-order valence-corrected chi connectivity index (χ0v) is 13.8. The Kier molecular flexibility index (Phi) is 5.90. The van der Waals surface area contributed by atoms with Crippen molar-refractivity contribution in [3.63, 3.8) is 0 Å². The normalized spacial score (nSPS) is 11.1. The monoisotopic (exact) mass is 353 g/mol. The number of hydrogen-bond donors (Lipinski definition) is 0. The van der Waals surface area contributed by atoms with Gasteiger partial charge in [0, 0.05) is 24.7 Å². The number of benzene rings is 2. The van der Waals surface area contributed by atoms with Crippen molar-refractivity contribution in [2.45, 2.75) is 19.8 Å². The minimum Gasteiger partial charge on any atom is -0.494 e. The molecule has 134 valence electrons. The zero-order chi connectivity index (χ0) is 18.4. The molecule has 0 bridgehead atoms. The first-order valence-corrected chi connectivity index (χ1v) is 7.62. The summed E-state index contributed by atoms with van der Waals surface area (Å²) in [6.07, 6.45) is -4.79. The van der Waals surface area contributed by atoms with Gasteiger partial charge in [-0.1, -0.05) is 24.3 Å². The van der Waals surface area contributed by atoms with E-state index in [1.54, 1.807) is 30.3 Å². The Balaban J connectivity index is 2.15. The van der Waals surface area contributed by atoms with Gasteiger partial charge in [0.2, 0.25) is 0 Å². The Morgan fingerprint density at radius 2 is 1.84 bits per heavy atom. The number of alkyl halides is 3. The van der Waals surface area contributed by atoms with Crippen molar-refractivity contribution in [1.29, 1.82) is 0 Å². The largest absolute Gasteiger partial charge is 0.573 e. The van der Waals surface area contributed by atoms with E-state index in [-0.39, 0.29) is 23.8 Å². The molecule has 2 aromatic rings. The molecular formula is C18H18F3NO3. The summed E-state index contributed by atoms with van der Waals surface area (Å²) in [7, 11) is 1.51. The first-order valence-electron chi connectivity index (χ1n) is 7.62. The van der Waals surface area contributed by atoms with E-state index < -0.39 is 6.36 Å². The maximum atomic E-state index is 12.5. The molecule has 0 N–H and O–H groups in total. The second kappa shape index (κ2) is 7.92. The molecular weight excluding hydrogens is 335 g/mol. The van der Waals surface area contributed by atoms with E-state index in [4.69, 9.17) is 4.74 Å². The maximum absolute atomic E-state index is 12.5. The van der Waals surface area contributed by atoms with Crippen LogP contribution in [0.5, 0.6) is 11.5 Å². The van der Waals surface area contributed by atoms with Crippen LogP contribution in [-0.2, 0) is 6.54 Å². The van der Waals surface area contributed by atoms with Gasteiger partial charge in [0.25, 0.3) is 5.91 Å². The molecule has 1 amide bonds. The molecule has 25 heavy (non-hydrogen) atoms. The number of halogens is 3. The van der Waals surface area contributed by atoms with Crippen LogP contribution >= 0.6 is 0 Å². The lowest BCUT2D eigenvalue weighted by atomic mass is 10.1. The van der Waals surface area contributed by atoms with Crippen LogP contribution in [0.3, 0.4) is 0 Å². The number of nitrogens with zero attached hydrogens (tertiary/aromatic N) is 1. The first-order chi connectivity index (χ1) is 11.8. The number of carbonyl (C=O) groups excluding carboxylic acids is 1. The Morgan fingerprint density at radius 3 is 2.52 bits per heavy atom. The molecule has 0 aliphatic heterocycles. The molecule has 0 fully saturated rings. The van der Waals surface area contributed by atoms with Gasteiger partial charge in [-0.3, -0.25) is 4.79 Å². The van der Waals surface area contributed by atoms with Gasteiger partial charge in [0.15, 0.2) is 0 Å². The average Bonchev–Trinajstić information content (AvgIpc) is 2.55. The SMILES string of the molecule is CCOc1cccc(C(=O)N(C)Cc2ccccc2OC(F)(F)F)c1. The molecule has 0 aliphatic rings. The van der Waals surface area contributed by atoms with E-state index >= 15 is 0 Å². The minimum atomic E-state index is -4.79. The van der Waals surface area contributed by atoms with E-state index in [0.717, 1.165) is 0 Å². The Hall–Kier alpha value is -2.70. The van der Waals surface area contributed by atoms with E-state index in [9.17, 15) is 18.0 Å². The minimum absolute atomic E-state index is 0.0239. The van der Waals surface area contributed by atoms with Crippen molar-refractivity contribution in [3.05, 3.63) is 59.7 Å². The van der Waals surface area contributed by atoms with Crippen molar-refractivity contribution in [3.8, 4) is 11.5 Å². The number of carbonyl (C=O) groups is 1. The molecule has 0 heterocycles. The second-order valence-corrected chi connectivity index (χ2v) is 5.28. The fraction of sp³-hybridized carbons (Fsp3) is 0.278. The third-order valence-corrected chi connectivity index (χ3v) is 3.34. The van der Waals surface area contributed by atoms with Crippen molar-refractivity contribution in [2.75, 3.05) is 13.7 Å². The van der Waals surface area contributed by atoms with Crippen molar-refractivity contribution < 1.29 is 27.4 Å². The summed E-state index contributed by atoms with van der Waals surface area (Å²) in [5, 5.41) is 0. The lowest BCUT2D eigenvalue weighted by molar-refractivity contribution is -0.275. The lowest BCUT2D eigenvalue weighted by Crippen LogP contribution is -2.27. The molecule has 0 aliphatic carbocycles. The van der Waals surface area contributed by atoms with Crippen LogP contribution in [-0.4, -0.2) is 30.8 Å². The molecule has 2 rings (SSSR count). The third-order valence-electron chi connectivity index (χ3n) is 3.34. The van der Waals surface area contributed by atoms with Crippen LogP contribution in [0.4, 0.5) is 13.2 Å². The van der Waals surface area contributed by atoms with Gasteiger partial charge in [-0.15, -0.1) is 13.2 Å². The quantitative estimate of drug-likeness (QED) is 0.779. The van der Waals surface area contributed by atoms with Gasteiger partial charge >= 0.3 is 6.36 Å². The maximum Gasteiger partial charge on any atom is 0.573 e. The lowest BCUT2D eigenvalue weighted by Gasteiger charge is -2.20. The van der Waals surface area contributed by atoms with Gasteiger partial charge in [0.1, 0.15) is 11.5 Å². The molecule has 0 saturated carbocycles. The fourth-order valence-electron chi connectivity index (χ4n) is 2.29. The standard InChI is InChI=1S/C18H18F3NO3/c1-3-24-15-9-6-8-13(11-15)17(23)22(2)12-14-7-4-5-10-16(14)25-18(19,20)21/h4-11H,3,12H2,1-2H3. The van der Waals surface area contributed by atoms with Gasteiger partial charge in [-0.05, 0) is 31.2 Å². The molecule has 2 aromatic carbocycles. The first kappa shape index (κ1) is 18.6. The summed E-state index contributed by atoms with van der Waals surface area (Å²) in [5.74, 6) is -0.0939. The summed E-state index contributed by atoms with van der Waals surface area (Å²) < 4.78 is 46.8. The summed E-state index contributed by atoms with van der Waals surface area (Å²) in [4.78, 5) is 13.8. The van der Waals surface area contributed by atoms with Crippen molar-refractivity contribution in [2.24, 2.45) is 0 Å². The van der Waals surface area contributed by atoms with E-state index in [0.29, 0.717) is 17.9 Å². The summed E-state index contributed by atoms with van der Waals surface area (Å²) >= 11 is 0. The van der Waals surface area contributed by atoms with Crippen LogP contribution in [0, 0.1) is 0 Å². The number of hydrogen-bond acceptors (Lipinski definition) is 3. The summed E-state index contributed by atoms with van der Waals surface area (Å²) in [6, 6.07) is 12.4.